The van der Waals surface area contributed by atoms with Gasteiger partial charge in [-0.2, -0.15) is 0 Å². The lowest BCUT2D eigenvalue weighted by atomic mass is 10.2. The van der Waals surface area contributed by atoms with Gasteiger partial charge in [-0.25, -0.2) is 4.79 Å². The Morgan fingerprint density at radius 1 is 1.47 bits per heavy atom. The molecule has 0 aromatic carbocycles. The Labute approximate surface area is 113 Å². The van der Waals surface area contributed by atoms with Crippen molar-refractivity contribution in [2.24, 2.45) is 4.99 Å². The largest absolute Gasteiger partial charge is 0.444 e. The van der Waals surface area contributed by atoms with Crippen molar-refractivity contribution in [3.63, 3.8) is 0 Å². The Balaban J connectivity index is 2.53. The summed E-state index contributed by atoms with van der Waals surface area (Å²) < 4.78 is 5.29. The minimum absolute atomic E-state index is 0.193. The molecule has 19 heavy (non-hydrogen) atoms. The molecule has 1 rings (SSSR count). The SMILES string of the molecule is CC(C)(C)OC(=O)N1CCN=C(NC(CO)CO)C1. The van der Waals surface area contributed by atoms with Crippen molar-refractivity contribution in [3.8, 4) is 0 Å². The summed E-state index contributed by atoms with van der Waals surface area (Å²) >= 11 is 0. The van der Waals surface area contributed by atoms with Crippen molar-refractivity contribution in [2.45, 2.75) is 32.4 Å². The van der Waals surface area contributed by atoms with Crippen LogP contribution in [-0.2, 0) is 4.74 Å². The molecule has 0 fully saturated rings. The lowest BCUT2D eigenvalue weighted by molar-refractivity contribution is 0.0275. The van der Waals surface area contributed by atoms with Gasteiger partial charge in [-0.1, -0.05) is 0 Å². The number of nitrogens with zero attached hydrogens (tertiary/aromatic N) is 2. The van der Waals surface area contributed by atoms with Crippen molar-refractivity contribution in [1.82, 2.24) is 10.2 Å². The van der Waals surface area contributed by atoms with E-state index in [1.54, 1.807) is 4.90 Å². The first-order chi connectivity index (χ1) is 8.85. The third-order valence-electron chi connectivity index (χ3n) is 2.48. The molecule has 0 saturated carbocycles. The average molecular weight is 273 g/mol. The molecule has 0 aromatic heterocycles. The number of aliphatic hydroxyl groups excluding tert-OH is 2. The van der Waals surface area contributed by atoms with Gasteiger partial charge in [0.1, 0.15) is 11.4 Å². The van der Waals surface area contributed by atoms with E-state index in [0.717, 1.165) is 0 Å². The highest BCUT2D eigenvalue weighted by molar-refractivity contribution is 5.88. The van der Waals surface area contributed by atoms with Gasteiger partial charge in [-0.15, -0.1) is 0 Å². The molecule has 0 radical (unpaired) electrons. The van der Waals surface area contributed by atoms with Gasteiger partial charge in [0.2, 0.25) is 0 Å². The van der Waals surface area contributed by atoms with Crippen LogP contribution < -0.4 is 5.32 Å². The number of aliphatic imine (C=N–C) groups is 1. The minimum atomic E-state index is -0.530. The predicted octanol–water partition coefficient (Wildman–Crippen LogP) is -0.422. The Hall–Kier alpha value is -1.34. The zero-order valence-corrected chi connectivity index (χ0v) is 11.7. The summed E-state index contributed by atoms with van der Waals surface area (Å²) in [6, 6.07) is -0.461. The third-order valence-corrected chi connectivity index (χ3v) is 2.48. The highest BCUT2D eigenvalue weighted by Crippen LogP contribution is 2.11. The first-order valence-electron chi connectivity index (χ1n) is 6.35. The molecule has 1 heterocycles. The van der Waals surface area contributed by atoms with Crippen LogP contribution in [0.5, 0.6) is 0 Å². The Bertz CT molecular complexity index is 334. The van der Waals surface area contributed by atoms with E-state index < -0.39 is 11.6 Å². The van der Waals surface area contributed by atoms with Crippen LogP contribution in [0.4, 0.5) is 4.79 Å². The summed E-state index contributed by atoms with van der Waals surface area (Å²) in [4.78, 5) is 17.7. The lowest BCUT2D eigenvalue weighted by Gasteiger charge is -2.30. The molecule has 1 amide bonds. The van der Waals surface area contributed by atoms with Crippen LogP contribution >= 0.6 is 0 Å². The summed E-state index contributed by atoms with van der Waals surface area (Å²) in [6.07, 6.45) is -0.383. The lowest BCUT2D eigenvalue weighted by Crippen LogP contribution is -2.50. The van der Waals surface area contributed by atoms with Gasteiger partial charge < -0.3 is 20.3 Å². The van der Waals surface area contributed by atoms with Crippen LogP contribution in [0.15, 0.2) is 4.99 Å². The van der Waals surface area contributed by atoms with Gasteiger partial charge in [0.15, 0.2) is 0 Å². The van der Waals surface area contributed by atoms with Crippen molar-refractivity contribution in [3.05, 3.63) is 0 Å². The second-order valence-electron chi connectivity index (χ2n) is 5.44. The minimum Gasteiger partial charge on any atom is -0.444 e. The van der Waals surface area contributed by atoms with Gasteiger partial charge in [-0.05, 0) is 20.8 Å². The zero-order chi connectivity index (χ0) is 14.5. The molecule has 1 aliphatic heterocycles. The monoisotopic (exact) mass is 273 g/mol. The van der Waals surface area contributed by atoms with Crippen molar-refractivity contribution < 1.29 is 19.7 Å². The van der Waals surface area contributed by atoms with Crippen LogP contribution in [0.25, 0.3) is 0 Å². The van der Waals surface area contributed by atoms with E-state index in [9.17, 15) is 4.79 Å². The fraction of sp³-hybridized carbons (Fsp3) is 0.833. The fourth-order valence-corrected chi connectivity index (χ4v) is 1.57. The molecule has 1 aliphatic rings. The first kappa shape index (κ1) is 15.7. The number of rotatable bonds is 3. The van der Waals surface area contributed by atoms with Crippen LogP contribution in [0.2, 0.25) is 0 Å². The van der Waals surface area contributed by atoms with E-state index in [0.29, 0.717) is 25.5 Å². The molecule has 110 valence electrons. The fourth-order valence-electron chi connectivity index (χ4n) is 1.57. The molecular formula is C12H23N3O4. The van der Waals surface area contributed by atoms with E-state index in [1.807, 2.05) is 20.8 Å². The van der Waals surface area contributed by atoms with E-state index >= 15 is 0 Å². The molecule has 0 spiro atoms. The molecule has 0 bridgehead atoms. The first-order valence-corrected chi connectivity index (χ1v) is 6.35. The highest BCUT2D eigenvalue weighted by atomic mass is 16.6. The van der Waals surface area contributed by atoms with E-state index in [2.05, 4.69) is 10.3 Å². The maximum absolute atomic E-state index is 11.9. The number of amidine groups is 1. The Morgan fingerprint density at radius 2 is 2.11 bits per heavy atom. The van der Waals surface area contributed by atoms with E-state index in [-0.39, 0.29) is 19.3 Å². The van der Waals surface area contributed by atoms with E-state index in [1.165, 1.54) is 0 Å². The maximum atomic E-state index is 11.9. The standard InChI is InChI=1S/C12H23N3O4/c1-12(2,3)19-11(18)15-5-4-13-10(6-15)14-9(7-16)8-17/h9,16-17H,4-8H2,1-3H3,(H,13,14). The maximum Gasteiger partial charge on any atom is 0.410 e. The van der Waals surface area contributed by atoms with Crippen molar-refractivity contribution in [2.75, 3.05) is 32.8 Å². The van der Waals surface area contributed by atoms with Gasteiger partial charge in [0, 0.05) is 6.54 Å². The summed E-state index contributed by atoms with van der Waals surface area (Å²) in [7, 11) is 0. The number of ether oxygens (including phenoxy) is 1. The molecule has 0 unspecified atom stereocenters. The number of hydrogen-bond donors (Lipinski definition) is 3. The summed E-state index contributed by atoms with van der Waals surface area (Å²) in [6.45, 7) is 6.34. The number of carbonyl (C=O) groups is 1. The van der Waals surface area contributed by atoms with Crippen LogP contribution in [0, 0.1) is 0 Å². The molecular weight excluding hydrogens is 250 g/mol. The molecule has 0 aromatic rings. The second kappa shape index (κ2) is 6.72. The smallest absolute Gasteiger partial charge is 0.410 e. The van der Waals surface area contributed by atoms with Gasteiger partial charge >= 0.3 is 6.09 Å². The molecule has 7 heteroatoms. The Kier molecular flexibility index (Phi) is 5.56. The summed E-state index contributed by atoms with van der Waals surface area (Å²) in [5.41, 5.74) is -0.530. The number of aliphatic hydroxyl groups is 2. The molecule has 0 aliphatic carbocycles. The summed E-state index contributed by atoms with van der Waals surface area (Å²) in [5, 5.41) is 20.9. The molecule has 0 atom stereocenters. The average Bonchev–Trinajstić information content (AvgIpc) is 2.34. The van der Waals surface area contributed by atoms with Crippen molar-refractivity contribution in [1.29, 1.82) is 0 Å². The molecule has 7 nitrogen and oxygen atoms in total. The number of nitrogens with one attached hydrogen (secondary N) is 1. The van der Waals surface area contributed by atoms with E-state index in [4.69, 9.17) is 14.9 Å². The summed E-state index contributed by atoms with van der Waals surface area (Å²) in [5.74, 6) is 0.574. The van der Waals surface area contributed by atoms with Crippen LogP contribution in [0.1, 0.15) is 20.8 Å². The Morgan fingerprint density at radius 3 is 2.63 bits per heavy atom. The second-order valence-corrected chi connectivity index (χ2v) is 5.44. The predicted molar refractivity (Wildman–Crippen MR) is 71.2 cm³/mol. The quantitative estimate of drug-likeness (QED) is 0.649. The highest BCUT2D eigenvalue weighted by Gasteiger charge is 2.25. The molecule has 3 N–H and O–H groups in total. The molecule has 0 saturated heterocycles. The third kappa shape index (κ3) is 5.44. The van der Waals surface area contributed by atoms with Crippen molar-refractivity contribution >= 4 is 11.9 Å². The topological polar surface area (TPSA) is 94.4 Å². The number of amides is 1. The van der Waals surface area contributed by atoms with Gasteiger partial charge in [0.25, 0.3) is 0 Å². The zero-order valence-electron chi connectivity index (χ0n) is 11.7. The van der Waals surface area contributed by atoms with Gasteiger partial charge in [0.05, 0.1) is 32.3 Å². The van der Waals surface area contributed by atoms with Crippen LogP contribution in [-0.4, -0.2) is 71.5 Å². The number of hydrogen-bond acceptors (Lipinski definition) is 6. The van der Waals surface area contributed by atoms with Crippen LogP contribution in [0.3, 0.4) is 0 Å². The van der Waals surface area contributed by atoms with Gasteiger partial charge in [-0.3, -0.25) is 9.89 Å². The normalized spacial score (nSPS) is 16.3. The number of carbonyl (C=O) groups excluding carboxylic acids is 1.